The topological polar surface area (TPSA) is 51.6 Å². The maximum absolute atomic E-state index is 14.9. The van der Waals surface area contributed by atoms with E-state index in [1.54, 1.807) is 18.3 Å². The molecule has 0 saturated carbocycles. The highest BCUT2D eigenvalue weighted by atomic mass is 35.5. The number of aryl methyl sites for hydroxylation is 3. The second kappa shape index (κ2) is 8.54. The molecule has 0 fully saturated rings. The van der Waals surface area contributed by atoms with Gasteiger partial charge in [0.1, 0.15) is 11.6 Å². The lowest BCUT2D eigenvalue weighted by Gasteiger charge is -2.12. The van der Waals surface area contributed by atoms with Gasteiger partial charge in [0, 0.05) is 39.1 Å². The Morgan fingerprint density at radius 1 is 0.765 bits per heavy atom. The van der Waals surface area contributed by atoms with Crippen LogP contribution in [-0.2, 0) is 0 Å². The van der Waals surface area contributed by atoms with E-state index in [4.69, 9.17) is 11.6 Å². The van der Waals surface area contributed by atoms with Crippen LogP contribution < -0.4 is 0 Å². The van der Waals surface area contributed by atoms with Crippen molar-refractivity contribution in [3.63, 3.8) is 0 Å². The minimum atomic E-state index is -0.510. The Kier molecular flexibility index (Phi) is 5.54. The summed E-state index contributed by atoms with van der Waals surface area (Å²) in [4.78, 5) is 18.1. The summed E-state index contributed by atoms with van der Waals surface area (Å²) in [6, 6.07) is 14.6. The Labute approximate surface area is 200 Å². The lowest BCUT2D eigenvalue weighted by Crippen LogP contribution is -2.00. The van der Waals surface area contributed by atoms with Crippen molar-refractivity contribution in [2.45, 2.75) is 20.8 Å². The van der Waals surface area contributed by atoms with Gasteiger partial charge in [-0.15, -0.1) is 0 Å². The molecule has 0 bridgehead atoms. The van der Waals surface area contributed by atoms with Crippen LogP contribution in [0.4, 0.5) is 8.78 Å². The van der Waals surface area contributed by atoms with Crippen LogP contribution in [0.15, 0.2) is 60.8 Å². The van der Waals surface area contributed by atoms with Crippen molar-refractivity contribution in [2.75, 3.05) is 0 Å². The number of aromatic nitrogens is 4. The minimum Gasteiger partial charge on any atom is -0.262 e. The lowest BCUT2D eigenvalue weighted by atomic mass is 10.0. The highest BCUT2D eigenvalue weighted by molar-refractivity contribution is 6.30. The third kappa shape index (κ3) is 4.13. The summed E-state index contributed by atoms with van der Waals surface area (Å²) in [5.74, 6) is -0.694. The summed E-state index contributed by atoms with van der Waals surface area (Å²) in [7, 11) is 0. The van der Waals surface area contributed by atoms with Gasteiger partial charge in [0.05, 0.1) is 5.69 Å². The number of pyridine rings is 2. The number of halogens is 3. The van der Waals surface area contributed by atoms with Crippen LogP contribution in [0.2, 0.25) is 5.02 Å². The van der Waals surface area contributed by atoms with Crippen LogP contribution >= 0.6 is 11.6 Å². The van der Waals surface area contributed by atoms with Gasteiger partial charge in [-0.2, -0.15) is 0 Å². The Hall–Kier alpha value is -3.77. The van der Waals surface area contributed by atoms with E-state index in [2.05, 4.69) is 19.9 Å². The summed E-state index contributed by atoms with van der Waals surface area (Å²) in [5.41, 5.74) is 5.54. The van der Waals surface area contributed by atoms with Crippen LogP contribution in [-0.4, -0.2) is 19.9 Å². The molecule has 3 heterocycles. The number of nitrogens with zero attached hydrogens (tertiary/aromatic N) is 4. The van der Waals surface area contributed by atoms with Crippen molar-refractivity contribution in [3.05, 3.63) is 94.4 Å². The Morgan fingerprint density at radius 3 is 2.32 bits per heavy atom. The average Bonchev–Trinajstić information content (AvgIpc) is 2.79. The van der Waals surface area contributed by atoms with Crippen molar-refractivity contribution < 1.29 is 8.78 Å². The Balaban J connectivity index is 1.77. The van der Waals surface area contributed by atoms with Crippen molar-refractivity contribution >= 4 is 22.6 Å². The van der Waals surface area contributed by atoms with Gasteiger partial charge in [0.25, 0.3) is 0 Å². The molecule has 4 nitrogen and oxygen atoms in total. The molecule has 7 heteroatoms. The molecule has 0 amide bonds. The number of hydrogen-bond donors (Lipinski definition) is 0. The second-order valence-electron chi connectivity index (χ2n) is 8.20. The van der Waals surface area contributed by atoms with Gasteiger partial charge in [-0.25, -0.2) is 23.7 Å². The Bertz CT molecular complexity index is 1580. The average molecular weight is 473 g/mol. The van der Waals surface area contributed by atoms with Gasteiger partial charge in [0.2, 0.25) is 0 Å². The zero-order chi connectivity index (χ0) is 24.0. The molecule has 3 aromatic heterocycles. The van der Waals surface area contributed by atoms with Gasteiger partial charge >= 0.3 is 0 Å². The molecular formula is C27H19ClF2N4. The standard InChI is InChI=1S/C27H19ClF2N4/c1-14-8-23-25(22-5-4-20(28)13-24(22)30)33-26(34-27(23)32-16(14)3)19-10-18(11-21(29)12-19)17-6-7-31-15(2)9-17/h4-13H,1-3H3. The van der Waals surface area contributed by atoms with E-state index in [1.807, 2.05) is 45.0 Å². The first-order valence-electron chi connectivity index (χ1n) is 10.6. The van der Waals surface area contributed by atoms with E-state index in [9.17, 15) is 8.78 Å². The Morgan fingerprint density at radius 2 is 1.56 bits per heavy atom. The van der Waals surface area contributed by atoms with Gasteiger partial charge in [-0.3, -0.25) is 4.98 Å². The zero-order valence-corrected chi connectivity index (χ0v) is 19.5. The van der Waals surface area contributed by atoms with Crippen molar-refractivity contribution in [1.82, 2.24) is 19.9 Å². The number of hydrogen-bond acceptors (Lipinski definition) is 4. The summed E-state index contributed by atoms with van der Waals surface area (Å²) in [5, 5.41) is 0.891. The summed E-state index contributed by atoms with van der Waals surface area (Å²) >= 11 is 5.97. The number of benzene rings is 2. The maximum atomic E-state index is 14.9. The maximum Gasteiger partial charge on any atom is 0.164 e. The highest BCUT2D eigenvalue weighted by Gasteiger charge is 2.18. The van der Waals surface area contributed by atoms with E-state index in [0.717, 1.165) is 22.5 Å². The molecule has 5 aromatic rings. The van der Waals surface area contributed by atoms with Gasteiger partial charge in [0.15, 0.2) is 11.5 Å². The van der Waals surface area contributed by atoms with E-state index in [1.165, 1.54) is 18.2 Å². The molecule has 2 aromatic carbocycles. The van der Waals surface area contributed by atoms with Crippen LogP contribution in [0.3, 0.4) is 0 Å². The molecule has 0 spiro atoms. The van der Waals surface area contributed by atoms with Gasteiger partial charge in [-0.1, -0.05) is 11.6 Å². The molecule has 0 unspecified atom stereocenters. The van der Waals surface area contributed by atoms with Crippen molar-refractivity contribution in [2.24, 2.45) is 0 Å². The summed E-state index contributed by atoms with van der Waals surface area (Å²) < 4.78 is 29.6. The fraction of sp³-hybridized carbons (Fsp3) is 0.111. The molecule has 0 saturated heterocycles. The largest absolute Gasteiger partial charge is 0.262 e. The second-order valence-corrected chi connectivity index (χ2v) is 8.63. The number of fused-ring (bicyclic) bond motifs is 1. The molecule has 5 rings (SSSR count). The molecular weight excluding hydrogens is 454 g/mol. The number of rotatable bonds is 3. The molecule has 0 N–H and O–H groups in total. The molecule has 0 aliphatic carbocycles. The molecule has 0 aliphatic heterocycles. The predicted molar refractivity (Wildman–Crippen MR) is 131 cm³/mol. The van der Waals surface area contributed by atoms with Crippen molar-refractivity contribution in [1.29, 1.82) is 0 Å². The van der Waals surface area contributed by atoms with Crippen LogP contribution in [0.25, 0.3) is 44.8 Å². The monoisotopic (exact) mass is 472 g/mol. The first-order chi connectivity index (χ1) is 16.3. The summed E-state index contributed by atoms with van der Waals surface area (Å²) in [6.07, 6.45) is 1.68. The molecule has 0 atom stereocenters. The molecule has 168 valence electrons. The smallest absolute Gasteiger partial charge is 0.164 e. The van der Waals surface area contributed by atoms with Gasteiger partial charge in [-0.05, 0) is 92.1 Å². The van der Waals surface area contributed by atoms with E-state index in [-0.39, 0.29) is 16.4 Å². The molecule has 0 radical (unpaired) electrons. The molecule has 34 heavy (non-hydrogen) atoms. The van der Waals surface area contributed by atoms with Gasteiger partial charge < -0.3 is 0 Å². The minimum absolute atomic E-state index is 0.249. The quantitative estimate of drug-likeness (QED) is 0.277. The van der Waals surface area contributed by atoms with E-state index < -0.39 is 11.6 Å². The normalized spacial score (nSPS) is 11.2. The fourth-order valence-corrected chi connectivity index (χ4v) is 4.03. The first kappa shape index (κ1) is 22.0. The third-order valence-electron chi connectivity index (χ3n) is 5.70. The van der Waals surface area contributed by atoms with Crippen molar-refractivity contribution in [3.8, 4) is 33.8 Å². The lowest BCUT2D eigenvalue weighted by molar-refractivity contribution is 0.628. The highest BCUT2D eigenvalue weighted by Crippen LogP contribution is 2.33. The molecule has 0 aliphatic rings. The van der Waals surface area contributed by atoms with E-state index in [0.29, 0.717) is 27.9 Å². The zero-order valence-electron chi connectivity index (χ0n) is 18.7. The van der Waals surface area contributed by atoms with Crippen LogP contribution in [0.1, 0.15) is 17.0 Å². The third-order valence-corrected chi connectivity index (χ3v) is 5.94. The first-order valence-corrected chi connectivity index (χ1v) is 11.0. The van der Waals surface area contributed by atoms with Crippen LogP contribution in [0, 0.1) is 32.4 Å². The predicted octanol–water partition coefficient (Wildman–Crippen LogP) is 7.28. The van der Waals surface area contributed by atoms with Crippen LogP contribution in [0.5, 0.6) is 0 Å². The summed E-state index contributed by atoms with van der Waals surface area (Å²) in [6.45, 7) is 5.68. The fourth-order valence-electron chi connectivity index (χ4n) is 3.87. The van der Waals surface area contributed by atoms with E-state index >= 15 is 0 Å². The SMILES string of the molecule is Cc1cc(-c2cc(F)cc(-c3nc(-c4ccc(Cl)cc4F)c4cc(C)c(C)nc4n3)c2)ccn1.